The maximum Gasteiger partial charge on any atom is 0.216 e. The number of aromatic nitrogens is 3. The van der Waals surface area contributed by atoms with Crippen molar-refractivity contribution in [1.29, 1.82) is 0 Å². The smallest absolute Gasteiger partial charge is 0.216 e. The van der Waals surface area contributed by atoms with Gasteiger partial charge in [0.2, 0.25) is 10.0 Å². The highest BCUT2D eigenvalue weighted by molar-refractivity contribution is 7.88. The standard InChI is InChI=1S/C17H18N4O2S/c1-21-12-17(11-19-21)16-7-15(8-18-10-16)9-20-24(22,23)13-14-5-3-2-4-6-14/h2-8,10-12,20H,9,13H2,1H3. The third-order valence-electron chi connectivity index (χ3n) is 3.53. The molecule has 2 heterocycles. The molecule has 0 fully saturated rings. The minimum absolute atomic E-state index is 0.0381. The van der Waals surface area contributed by atoms with Crippen LogP contribution in [-0.2, 0) is 29.4 Å². The number of pyridine rings is 1. The Morgan fingerprint density at radius 2 is 1.83 bits per heavy atom. The summed E-state index contributed by atoms with van der Waals surface area (Å²) in [7, 11) is -1.55. The van der Waals surface area contributed by atoms with Crippen molar-refractivity contribution >= 4 is 10.0 Å². The van der Waals surface area contributed by atoms with Gasteiger partial charge in [0.25, 0.3) is 0 Å². The van der Waals surface area contributed by atoms with Crippen molar-refractivity contribution in [2.45, 2.75) is 12.3 Å². The summed E-state index contributed by atoms with van der Waals surface area (Å²) in [5, 5.41) is 4.13. The zero-order valence-corrected chi connectivity index (χ0v) is 14.1. The van der Waals surface area contributed by atoms with Crippen molar-refractivity contribution in [3.8, 4) is 11.1 Å². The molecule has 3 aromatic rings. The molecule has 0 aliphatic rings. The molecule has 0 saturated heterocycles. The molecule has 0 spiro atoms. The summed E-state index contributed by atoms with van der Waals surface area (Å²) in [5.74, 6) is -0.0381. The van der Waals surface area contributed by atoms with Gasteiger partial charge in [0.15, 0.2) is 0 Å². The number of hydrogen-bond donors (Lipinski definition) is 1. The van der Waals surface area contributed by atoms with Gasteiger partial charge in [-0.15, -0.1) is 0 Å². The van der Waals surface area contributed by atoms with E-state index in [0.29, 0.717) is 0 Å². The maximum absolute atomic E-state index is 12.2. The number of sulfonamides is 1. The Morgan fingerprint density at radius 3 is 2.54 bits per heavy atom. The Kier molecular flexibility index (Phi) is 4.73. The van der Waals surface area contributed by atoms with E-state index >= 15 is 0 Å². The fourth-order valence-corrected chi connectivity index (χ4v) is 3.47. The minimum Gasteiger partial charge on any atom is -0.275 e. The lowest BCUT2D eigenvalue weighted by atomic mass is 10.1. The van der Waals surface area contributed by atoms with Gasteiger partial charge >= 0.3 is 0 Å². The van der Waals surface area contributed by atoms with E-state index in [1.807, 2.05) is 37.5 Å². The van der Waals surface area contributed by atoms with E-state index in [0.717, 1.165) is 22.3 Å². The largest absolute Gasteiger partial charge is 0.275 e. The third-order valence-corrected chi connectivity index (χ3v) is 4.83. The summed E-state index contributed by atoms with van der Waals surface area (Å²) < 4.78 is 28.7. The van der Waals surface area contributed by atoms with Crippen molar-refractivity contribution < 1.29 is 8.42 Å². The van der Waals surface area contributed by atoms with E-state index in [2.05, 4.69) is 14.8 Å². The summed E-state index contributed by atoms with van der Waals surface area (Å²) in [6.45, 7) is 0.205. The zero-order valence-electron chi connectivity index (χ0n) is 13.3. The maximum atomic E-state index is 12.2. The Bertz CT molecular complexity index is 921. The minimum atomic E-state index is -3.40. The number of hydrogen-bond acceptors (Lipinski definition) is 4. The molecule has 1 N–H and O–H groups in total. The Balaban J connectivity index is 1.68. The molecule has 124 valence electrons. The molecule has 0 amide bonds. The second kappa shape index (κ2) is 6.94. The van der Waals surface area contributed by atoms with Crippen LogP contribution in [0.2, 0.25) is 0 Å². The van der Waals surface area contributed by atoms with E-state index in [9.17, 15) is 8.42 Å². The number of rotatable bonds is 6. The molecule has 1 aromatic carbocycles. The first kappa shape index (κ1) is 16.4. The van der Waals surface area contributed by atoms with Crippen molar-refractivity contribution in [3.05, 3.63) is 72.3 Å². The van der Waals surface area contributed by atoms with Crippen molar-refractivity contribution in [1.82, 2.24) is 19.5 Å². The molecular formula is C17H18N4O2S. The summed E-state index contributed by atoms with van der Waals surface area (Å²) in [6, 6.07) is 11.0. The van der Waals surface area contributed by atoms with Crippen LogP contribution in [-0.4, -0.2) is 23.2 Å². The Labute approximate surface area is 141 Å². The molecule has 0 saturated carbocycles. The molecule has 0 unspecified atom stereocenters. The van der Waals surface area contributed by atoms with Gasteiger partial charge in [-0.2, -0.15) is 5.10 Å². The highest BCUT2D eigenvalue weighted by Gasteiger charge is 2.11. The van der Waals surface area contributed by atoms with Crippen molar-refractivity contribution in [2.24, 2.45) is 7.05 Å². The summed E-state index contributed by atoms with van der Waals surface area (Å²) in [5.41, 5.74) is 3.40. The molecule has 0 atom stereocenters. The monoisotopic (exact) mass is 342 g/mol. The van der Waals surface area contributed by atoms with Crippen molar-refractivity contribution in [2.75, 3.05) is 0 Å². The fraction of sp³-hybridized carbons (Fsp3) is 0.176. The molecule has 0 aliphatic carbocycles. The summed E-state index contributed by atoms with van der Waals surface area (Å²) in [4.78, 5) is 4.18. The average Bonchev–Trinajstić information content (AvgIpc) is 3.01. The van der Waals surface area contributed by atoms with Gasteiger partial charge in [-0.05, 0) is 17.2 Å². The number of aryl methyl sites for hydroxylation is 1. The second-order valence-electron chi connectivity index (χ2n) is 5.55. The topological polar surface area (TPSA) is 76.9 Å². The van der Waals surface area contributed by atoms with Crippen LogP contribution in [0.1, 0.15) is 11.1 Å². The molecule has 24 heavy (non-hydrogen) atoms. The predicted octanol–water partition coefficient (Wildman–Crippen LogP) is 2.10. The third kappa shape index (κ3) is 4.27. The van der Waals surface area contributed by atoms with Crippen LogP contribution in [0.25, 0.3) is 11.1 Å². The lowest BCUT2D eigenvalue weighted by Gasteiger charge is -2.07. The van der Waals surface area contributed by atoms with Crippen LogP contribution in [0.15, 0.2) is 61.2 Å². The molecule has 0 aliphatic heterocycles. The highest BCUT2D eigenvalue weighted by Crippen LogP contribution is 2.18. The van der Waals surface area contributed by atoms with Gasteiger partial charge in [-0.3, -0.25) is 9.67 Å². The normalized spacial score (nSPS) is 11.5. The van der Waals surface area contributed by atoms with Gasteiger partial charge in [-0.1, -0.05) is 30.3 Å². The van der Waals surface area contributed by atoms with Crippen LogP contribution in [0.5, 0.6) is 0 Å². The van der Waals surface area contributed by atoms with Crippen molar-refractivity contribution in [3.63, 3.8) is 0 Å². The molecule has 7 heteroatoms. The number of benzene rings is 1. The molecular weight excluding hydrogens is 324 g/mol. The fourth-order valence-electron chi connectivity index (χ4n) is 2.35. The molecule has 0 bridgehead atoms. The lowest BCUT2D eigenvalue weighted by molar-refractivity contribution is 0.580. The Hall–Kier alpha value is -2.51. The Morgan fingerprint density at radius 1 is 1.04 bits per heavy atom. The van der Waals surface area contributed by atoms with E-state index in [1.165, 1.54) is 0 Å². The van der Waals surface area contributed by atoms with E-state index in [4.69, 9.17) is 0 Å². The quantitative estimate of drug-likeness (QED) is 0.744. The molecule has 6 nitrogen and oxygen atoms in total. The van der Waals surface area contributed by atoms with Crippen LogP contribution < -0.4 is 4.72 Å². The molecule has 0 radical (unpaired) electrons. The van der Waals surface area contributed by atoms with Gasteiger partial charge in [0, 0.05) is 43.3 Å². The van der Waals surface area contributed by atoms with Crippen LogP contribution in [0, 0.1) is 0 Å². The molecule has 2 aromatic heterocycles. The number of nitrogens with zero attached hydrogens (tertiary/aromatic N) is 3. The average molecular weight is 342 g/mol. The van der Waals surface area contributed by atoms with Crippen LogP contribution >= 0.6 is 0 Å². The van der Waals surface area contributed by atoms with E-state index < -0.39 is 10.0 Å². The van der Waals surface area contributed by atoms with E-state index in [-0.39, 0.29) is 12.3 Å². The first-order valence-electron chi connectivity index (χ1n) is 7.46. The first-order valence-corrected chi connectivity index (χ1v) is 9.11. The first-order chi connectivity index (χ1) is 11.5. The predicted molar refractivity (Wildman–Crippen MR) is 92.3 cm³/mol. The second-order valence-corrected chi connectivity index (χ2v) is 7.36. The SMILES string of the molecule is Cn1cc(-c2cncc(CNS(=O)(=O)Cc3ccccc3)c2)cn1. The van der Waals surface area contributed by atoms with E-state index in [1.54, 1.807) is 35.4 Å². The summed E-state index contributed by atoms with van der Waals surface area (Å²) >= 11 is 0. The molecule has 3 rings (SSSR count). The van der Waals surface area contributed by atoms with Gasteiger partial charge in [-0.25, -0.2) is 13.1 Å². The van der Waals surface area contributed by atoms with Gasteiger partial charge < -0.3 is 0 Å². The summed E-state index contributed by atoms with van der Waals surface area (Å²) in [6.07, 6.45) is 7.03. The van der Waals surface area contributed by atoms with Gasteiger partial charge in [0.1, 0.15) is 0 Å². The highest BCUT2D eigenvalue weighted by atomic mass is 32.2. The zero-order chi connectivity index (χ0) is 17.0. The lowest BCUT2D eigenvalue weighted by Crippen LogP contribution is -2.24. The van der Waals surface area contributed by atoms with Gasteiger partial charge in [0.05, 0.1) is 11.9 Å². The number of nitrogens with one attached hydrogen (secondary N) is 1. The van der Waals surface area contributed by atoms with Crippen LogP contribution in [0.3, 0.4) is 0 Å². The van der Waals surface area contributed by atoms with Crippen LogP contribution in [0.4, 0.5) is 0 Å².